The fourth-order valence-electron chi connectivity index (χ4n) is 3.69. The van der Waals surface area contributed by atoms with Gasteiger partial charge in [0.1, 0.15) is 11.2 Å². The molecular formula is C20H29N3O5S. The molecule has 3 fully saturated rings. The van der Waals surface area contributed by atoms with Gasteiger partial charge in [-0.05, 0) is 65.0 Å². The molecule has 2 N–H and O–H groups in total. The van der Waals surface area contributed by atoms with Gasteiger partial charge in [-0.2, -0.15) is 13.5 Å². The minimum atomic E-state index is -3.74. The van der Waals surface area contributed by atoms with E-state index >= 15 is 0 Å². The lowest BCUT2D eigenvalue weighted by atomic mass is 9.71. The Hall–Kier alpha value is -2.13. The lowest BCUT2D eigenvalue weighted by Crippen LogP contribution is -2.63. The Morgan fingerprint density at radius 3 is 2.41 bits per heavy atom. The first-order chi connectivity index (χ1) is 13.4. The first-order valence-electron chi connectivity index (χ1n) is 9.71. The Kier molecular flexibility index (Phi) is 5.66. The molecule has 1 aromatic rings. The number of aryl methyl sites for hydroxylation is 1. The van der Waals surface area contributed by atoms with Gasteiger partial charge in [-0.15, -0.1) is 0 Å². The van der Waals surface area contributed by atoms with E-state index in [0.29, 0.717) is 37.9 Å². The van der Waals surface area contributed by atoms with Crippen molar-refractivity contribution in [1.82, 2.24) is 10.1 Å². The third-order valence-corrected chi connectivity index (χ3v) is 6.69. The van der Waals surface area contributed by atoms with Crippen LogP contribution in [0.25, 0.3) is 0 Å². The summed E-state index contributed by atoms with van der Waals surface area (Å²) in [6, 6.07) is 6.73. The summed E-state index contributed by atoms with van der Waals surface area (Å²) in [5.74, 6) is 0. The number of sulfonamides is 1. The number of carbonyl (C=O) groups is 1. The molecule has 4 rings (SSSR count). The Labute approximate surface area is 172 Å². The highest BCUT2D eigenvalue weighted by atomic mass is 32.2. The van der Waals surface area contributed by atoms with Gasteiger partial charge >= 0.3 is 6.09 Å². The molecule has 1 aromatic carbocycles. The predicted octanol–water partition coefficient (Wildman–Crippen LogP) is 2.87. The zero-order valence-corrected chi connectivity index (χ0v) is 18.1. The monoisotopic (exact) mass is 423 g/mol. The van der Waals surface area contributed by atoms with Crippen molar-refractivity contribution in [2.75, 3.05) is 6.61 Å². The third-order valence-electron chi connectivity index (χ3n) is 5.31. The normalized spacial score (nSPS) is 27.0. The molecule has 0 radical (unpaired) electrons. The molecule has 2 saturated heterocycles. The summed E-state index contributed by atoms with van der Waals surface area (Å²) in [4.78, 5) is 14.6. The first kappa shape index (κ1) is 21.6. The summed E-state index contributed by atoms with van der Waals surface area (Å²) < 4.78 is 36.3. The highest BCUT2D eigenvalue weighted by Gasteiger charge is 2.50. The molecule has 2 heterocycles. The van der Waals surface area contributed by atoms with Crippen LogP contribution in [0.4, 0.5) is 4.79 Å². The van der Waals surface area contributed by atoms with E-state index < -0.39 is 32.9 Å². The summed E-state index contributed by atoms with van der Waals surface area (Å²) in [5.41, 5.74) is -0.974. The molecule has 0 spiro atoms. The van der Waals surface area contributed by atoms with Gasteiger partial charge in [-0.3, -0.25) is 0 Å². The average molecular weight is 424 g/mol. The number of fused-ring (bicyclic) bond motifs is 3. The fraction of sp³-hybridized carbons (Fsp3) is 0.600. The second kappa shape index (κ2) is 7.60. The molecule has 3 aliphatic rings. The Bertz CT molecular complexity index is 880. The van der Waals surface area contributed by atoms with Crippen LogP contribution in [0.5, 0.6) is 0 Å². The quantitative estimate of drug-likeness (QED) is 0.559. The summed E-state index contributed by atoms with van der Waals surface area (Å²) in [7, 11) is -3.74. The van der Waals surface area contributed by atoms with Crippen molar-refractivity contribution in [1.29, 1.82) is 0 Å². The van der Waals surface area contributed by atoms with Gasteiger partial charge in [-0.1, -0.05) is 18.2 Å². The first-order valence-corrected chi connectivity index (χ1v) is 11.2. The molecule has 2 aliphatic heterocycles. The second-order valence-electron chi connectivity index (χ2n) is 8.88. The SMILES string of the molecule is Cc1ccccc1S(=O)(=O)N/N=C/C12CCC(NC(=O)OC(C)(C)C)(CC1)CO2. The number of nitrogens with zero attached hydrogens (tertiary/aromatic N) is 1. The number of nitrogens with one attached hydrogen (secondary N) is 2. The highest BCUT2D eigenvalue weighted by Crippen LogP contribution is 2.42. The molecule has 0 unspecified atom stereocenters. The molecular weight excluding hydrogens is 394 g/mol. The van der Waals surface area contributed by atoms with Gasteiger partial charge in [-0.25, -0.2) is 9.63 Å². The standard InChI is InChI=1S/C20H29N3O5S/c1-15-7-5-6-8-16(15)29(25,26)23-21-13-20-11-9-19(10-12-20,14-27-20)22-17(24)28-18(2,3)4/h5-8,13,23H,9-12,14H2,1-4H3,(H,22,24)/b21-13+. The van der Waals surface area contributed by atoms with Crippen molar-refractivity contribution >= 4 is 22.3 Å². The van der Waals surface area contributed by atoms with E-state index in [1.807, 2.05) is 20.8 Å². The van der Waals surface area contributed by atoms with E-state index in [4.69, 9.17) is 9.47 Å². The van der Waals surface area contributed by atoms with Crippen molar-refractivity contribution in [3.05, 3.63) is 29.8 Å². The minimum absolute atomic E-state index is 0.198. The maximum absolute atomic E-state index is 12.5. The predicted molar refractivity (Wildman–Crippen MR) is 109 cm³/mol. The van der Waals surface area contributed by atoms with E-state index in [1.54, 1.807) is 37.4 Å². The van der Waals surface area contributed by atoms with Gasteiger partial charge in [0, 0.05) is 0 Å². The van der Waals surface area contributed by atoms with Crippen molar-refractivity contribution in [2.24, 2.45) is 5.10 Å². The Balaban J connectivity index is 1.60. The van der Waals surface area contributed by atoms with Gasteiger partial charge in [0.15, 0.2) is 0 Å². The van der Waals surface area contributed by atoms with Gasteiger partial charge in [0.25, 0.3) is 10.0 Å². The molecule has 29 heavy (non-hydrogen) atoms. The van der Waals surface area contributed by atoms with E-state index in [2.05, 4.69) is 15.2 Å². The molecule has 8 nitrogen and oxygen atoms in total. The smallest absolute Gasteiger partial charge is 0.408 e. The van der Waals surface area contributed by atoms with Crippen molar-refractivity contribution in [3.8, 4) is 0 Å². The van der Waals surface area contributed by atoms with Crippen LogP contribution in [0.2, 0.25) is 0 Å². The molecule has 2 bridgehead atoms. The number of benzene rings is 1. The number of alkyl carbamates (subject to hydrolysis) is 1. The van der Waals surface area contributed by atoms with Crippen LogP contribution in [0.15, 0.2) is 34.3 Å². The lowest BCUT2D eigenvalue weighted by molar-refractivity contribution is -0.119. The molecule has 0 aromatic heterocycles. The van der Waals surface area contributed by atoms with Crippen LogP contribution in [0.3, 0.4) is 0 Å². The summed E-state index contributed by atoms with van der Waals surface area (Å²) in [6.45, 7) is 7.54. The zero-order valence-electron chi connectivity index (χ0n) is 17.3. The number of carbonyl (C=O) groups excluding carboxylic acids is 1. The third kappa shape index (κ3) is 5.08. The number of rotatable bonds is 5. The number of amides is 1. The van der Waals surface area contributed by atoms with E-state index in [-0.39, 0.29) is 4.90 Å². The molecule has 1 aliphatic carbocycles. The van der Waals surface area contributed by atoms with Crippen LogP contribution in [0.1, 0.15) is 52.0 Å². The van der Waals surface area contributed by atoms with E-state index in [1.165, 1.54) is 0 Å². The van der Waals surface area contributed by atoms with Gasteiger partial charge in [0.2, 0.25) is 0 Å². The topological polar surface area (TPSA) is 106 Å². The van der Waals surface area contributed by atoms with E-state index in [0.717, 1.165) is 0 Å². The number of ether oxygens (including phenoxy) is 2. The minimum Gasteiger partial charge on any atom is -0.444 e. The van der Waals surface area contributed by atoms with Crippen molar-refractivity contribution in [3.63, 3.8) is 0 Å². The van der Waals surface area contributed by atoms with E-state index in [9.17, 15) is 13.2 Å². The van der Waals surface area contributed by atoms with Crippen LogP contribution >= 0.6 is 0 Å². The lowest BCUT2D eigenvalue weighted by Gasteiger charge is -2.51. The van der Waals surface area contributed by atoms with Crippen LogP contribution in [-0.4, -0.2) is 44.1 Å². The van der Waals surface area contributed by atoms with Crippen LogP contribution in [-0.2, 0) is 19.5 Å². The van der Waals surface area contributed by atoms with Gasteiger partial charge in [0.05, 0.1) is 23.3 Å². The van der Waals surface area contributed by atoms with Crippen molar-refractivity contribution < 1.29 is 22.7 Å². The molecule has 1 saturated carbocycles. The van der Waals surface area contributed by atoms with Crippen LogP contribution < -0.4 is 10.1 Å². The molecule has 160 valence electrons. The Morgan fingerprint density at radius 1 is 1.21 bits per heavy atom. The fourth-order valence-corrected chi connectivity index (χ4v) is 4.73. The van der Waals surface area contributed by atoms with Crippen LogP contribution in [0, 0.1) is 6.92 Å². The largest absolute Gasteiger partial charge is 0.444 e. The Morgan fingerprint density at radius 2 is 1.86 bits per heavy atom. The molecule has 0 atom stereocenters. The summed E-state index contributed by atoms with van der Waals surface area (Å²) in [6.07, 6.45) is 3.79. The van der Waals surface area contributed by atoms with Gasteiger partial charge < -0.3 is 14.8 Å². The zero-order chi connectivity index (χ0) is 21.3. The second-order valence-corrected chi connectivity index (χ2v) is 10.5. The van der Waals surface area contributed by atoms with Crippen molar-refractivity contribution in [2.45, 2.75) is 75.0 Å². The number of hydrazone groups is 1. The summed E-state index contributed by atoms with van der Waals surface area (Å²) in [5, 5.41) is 6.94. The summed E-state index contributed by atoms with van der Waals surface area (Å²) >= 11 is 0. The number of hydrogen-bond donors (Lipinski definition) is 2. The molecule has 9 heteroatoms. The highest BCUT2D eigenvalue weighted by molar-refractivity contribution is 7.89. The average Bonchev–Trinajstić information content (AvgIpc) is 2.61. The molecule has 1 amide bonds. The maximum Gasteiger partial charge on any atom is 0.408 e. The maximum atomic E-state index is 12.5. The number of hydrogen-bond acceptors (Lipinski definition) is 6.